The number of aryl methyl sites for hydroxylation is 1. The lowest BCUT2D eigenvalue weighted by Gasteiger charge is -2.24. The summed E-state index contributed by atoms with van der Waals surface area (Å²) >= 11 is 0. The number of hydrogen-bond donors (Lipinski definition) is 2. The molecule has 0 spiro atoms. The lowest BCUT2D eigenvalue weighted by molar-refractivity contribution is 0.154. The summed E-state index contributed by atoms with van der Waals surface area (Å²) in [6.07, 6.45) is 4.93. The monoisotopic (exact) mass is 262 g/mol. The standard InChI is InChI=1S/C16H26N2O/c1-5-6-9-14(19)11-18-15(12(2)3)16-13(4)8-7-10-17-16/h5,7-8,10,12,14-15,18-19H,1,6,9,11H2,2-4H3. The van der Waals surface area contributed by atoms with Crippen molar-refractivity contribution in [3.8, 4) is 0 Å². The van der Waals surface area contributed by atoms with Gasteiger partial charge in [0.25, 0.3) is 0 Å². The molecule has 0 aliphatic carbocycles. The first kappa shape index (κ1) is 15.9. The molecule has 2 unspecified atom stereocenters. The summed E-state index contributed by atoms with van der Waals surface area (Å²) in [4.78, 5) is 4.48. The molecule has 0 amide bonds. The van der Waals surface area contributed by atoms with Crippen LogP contribution in [0.3, 0.4) is 0 Å². The Hall–Kier alpha value is -1.19. The minimum atomic E-state index is -0.330. The summed E-state index contributed by atoms with van der Waals surface area (Å²) in [6.45, 7) is 10.7. The van der Waals surface area contributed by atoms with Gasteiger partial charge in [0.2, 0.25) is 0 Å². The van der Waals surface area contributed by atoms with Crippen molar-refractivity contribution in [2.24, 2.45) is 5.92 Å². The molecular formula is C16H26N2O. The Kier molecular flexibility index (Phi) is 6.74. The van der Waals surface area contributed by atoms with E-state index in [0.29, 0.717) is 12.5 Å². The van der Waals surface area contributed by atoms with E-state index in [1.54, 1.807) is 0 Å². The van der Waals surface area contributed by atoms with Crippen molar-refractivity contribution in [2.75, 3.05) is 6.54 Å². The van der Waals surface area contributed by atoms with Gasteiger partial charge in [0.15, 0.2) is 0 Å². The molecule has 0 aliphatic rings. The van der Waals surface area contributed by atoms with Crippen LogP contribution < -0.4 is 5.32 Å². The highest BCUT2D eigenvalue weighted by Gasteiger charge is 2.19. The second-order valence-corrected chi connectivity index (χ2v) is 5.36. The fourth-order valence-corrected chi connectivity index (χ4v) is 2.15. The maximum Gasteiger partial charge on any atom is 0.0667 e. The molecule has 0 fully saturated rings. The molecule has 1 aromatic heterocycles. The summed E-state index contributed by atoms with van der Waals surface area (Å²) < 4.78 is 0. The molecule has 2 atom stereocenters. The van der Waals surface area contributed by atoms with E-state index in [-0.39, 0.29) is 12.1 Å². The number of nitrogens with zero attached hydrogens (tertiary/aromatic N) is 1. The Bertz CT molecular complexity index is 390. The van der Waals surface area contributed by atoms with Crippen molar-refractivity contribution in [1.82, 2.24) is 10.3 Å². The highest BCUT2D eigenvalue weighted by atomic mass is 16.3. The molecule has 1 heterocycles. The van der Waals surface area contributed by atoms with Crippen molar-refractivity contribution in [3.63, 3.8) is 0 Å². The van der Waals surface area contributed by atoms with E-state index in [4.69, 9.17) is 0 Å². The molecule has 3 nitrogen and oxygen atoms in total. The first-order chi connectivity index (χ1) is 9.06. The Morgan fingerprint density at radius 2 is 2.21 bits per heavy atom. The number of allylic oxidation sites excluding steroid dienone is 1. The molecule has 106 valence electrons. The smallest absolute Gasteiger partial charge is 0.0667 e. The number of aliphatic hydroxyl groups excluding tert-OH is 1. The summed E-state index contributed by atoms with van der Waals surface area (Å²) in [5.41, 5.74) is 2.27. The number of pyridine rings is 1. The van der Waals surface area contributed by atoms with Crippen LogP contribution in [0.25, 0.3) is 0 Å². The van der Waals surface area contributed by atoms with Gasteiger partial charge in [0.05, 0.1) is 17.8 Å². The molecule has 19 heavy (non-hydrogen) atoms. The molecule has 2 N–H and O–H groups in total. The largest absolute Gasteiger partial charge is 0.392 e. The average Bonchev–Trinajstić information content (AvgIpc) is 2.38. The van der Waals surface area contributed by atoms with Gasteiger partial charge in [-0.2, -0.15) is 0 Å². The SMILES string of the molecule is C=CCCC(O)CNC(c1ncccc1C)C(C)C. The highest BCUT2D eigenvalue weighted by Crippen LogP contribution is 2.22. The van der Waals surface area contributed by atoms with Crippen LogP contribution in [0.2, 0.25) is 0 Å². The minimum Gasteiger partial charge on any atom is -0.392 e. The molecule has 0 radical (unpaired) electrons. The van der Waals surface area contributed by atoms with Gasteiger partial charge in [0, 0.05) is 12.7 Å². The molecule has 3 heteroatoms. The van der Waals surface area contributed by atoms with Crippen LogP contribution in [0.15, 0.2) is 31.0 Å². The lowest BCUT2D eigenvalue weighted by Crippen LogP contribution is -2.33. The number of hydrogen-bond acceptors (Lipinski definition) is 3. The second kappa shape index (κ2) is 8.08. The van der Waals surface area contributed by atoms with Crippen LogP contribution in [-0.4, -0.2) is 22.7 Å². The highest BCUT2D eigenvalue weighted by molar-refractivity contribution is 5.21. The second-order valence-electron chi connectivity index (χ2n) is 5.36. The maximum atomic E-state index is 9.90. The third kappa shape index (κ3) is 5.13. The first-order valence-electron chi connectivity index (χ1n) is 7.00. The molecule has 0 bridgehead atoms. The van der Waals surface area contributed by atoms with Crippen molar-refractivity contribution < 1.29 is 5.11 Å². The van der Waals surface area contributed by atoms with Gasteiger partial charge in [-0.1, -0.05) is 26.0 Å². The Balaban J connectivity index is 2.64. The third-order valence-electron chi connectivity index (χ3n) is 3.29. The number of rotatable bonds is 8. The van der Waals surface area contributed by atoms with Gasteiger partial charge < -0.3 is 10.4 Å². The molecular weight excluding hydrogens is 236 g/mol. The van der Waals surface area contributed by atoms with Gasteiger partial charge in [-0.15, -0.1) is 6.58 Å². The van der Waals surface area contributed by atoms with E-state index in [2.05, 4.69) is 43.7 Å². The van der Waals surface area contributed by atoms with E-state index < -0.39 is 0 Å². The molecule has 0 saturated heterocycles. The van der Waals surface area contributed by atoms with Crippen LogP contribution in [0.4, 0.5) is 0 Å². The van der Waals surface area contributed by atoms with Crippen LogP contribution in [0.1, 0.15) is 44.0 Å². The summed E-state index contributed by atoms with van der Waals surface area (Å²) in [7, 11) is 0. The van der Waals surface area contributed by atoms with Crippen molar-refractivity contribution in [1.29, 1.82) is 0 Å². The van der Waals surface area contributed by atoms with Crippen molar-refractivity contribution in [2.45, 2.75) is 45.8 Å². The molecule has 0 saturated carbocycles. The molecule has 1 aromatic rings. The quantitative estimate of drug-likeness (QED) is 0.708. The lowest BCUT2D eigenvalue weighted by atomic mass is 9.97. The zero-order chi connectivity index (χ0) is 14.3. The first-order valence-corrected chi connectivity index (χ1v) is 7.00. The number of aromatic nitrogens is 1. The Morgan fingerprint density at radius 1 is 1.47 bits per heavy atom. The summed E-state index contributed by atoms with van der Waals surface area (Å²) in [5.74, 6) is 0.431. The van der Waals surface area contributed by atoms with Crippen molar-refractivity contribution >= 4 is 0 Å². The van der Waals surface area contributed by atoms with Gasteiger partial charge >= 0.3 is 0 Å². The third-order valence-corrected chi connectivity index (χ3v) is 3.29. The zero-order valence-electron chi connectivity index (χ0n) is 12.3. The van der Waals surface area contributed by atoms with Crippen LogP contribution in [0.5, 0.6) is 0 Å². The molecule has 0 aliphatic heterocycles. The van der Waals surface area contributed by atoms with Crippen molar-refractivity contribution in [3.05, 3.63) is 42.2 Å². The Labute approximate surface area is 116 Å². The van der Waals surface area contributed by atoms with E-state index in [1.165, 1.54) is 5.56 Å². The topological polar surface area (TPSA) is 45.1 Å². The fourth-order valence-electron chi connectivity index (χ4n) is 2.15. The van der Waals surface area contributed by atoms with Gasteiger partial charge in [0.1, 0.15) is 0 Å². The molecule has 1 rings (SSSR count). The predicted molar refractivity (Wildman–Crippen MR) is 80.0 cm³/mol. The van der Waals surface area contributed by atoms with Crippen LogP contribution in [-0.2, 0) is 0 Å². The van der Waals surface area contributed by atoms with Gasteiger partial charge in [-0.05, 0) is 37.3 Å². The normalized spacial score (nSPS) is 14.4. The maximum absolute atomic E-state index is 9.90. The van der Waals surface area contributed by atoms with E-state index in [0.717, 1.165) is 18.5 Å². The number of aliphatic hydroxyl groups is 1. The summed E-state index contributed by atoms with van der Waals surface area (Å²) in [6, 6.07) is 4.21. The summed E-state index contributed by atoms with van der Waals surface area (Å²) in [5, 5.41) is 13.3. The van der Waals surface area contributed by atoms with E-state index in [1.807, 2.05) is 18.3 Å². The van der Waals surface area contributed by atoms with E-state index in [9.17, 15) is 5.11 Å². The predicted octanol–water partition coefficient (Wildman–Crippen LogP) is 3.00. The number of nitrogens with one attached hydrogen (secondary N) is 1. The Morgan fingerprint density at radius 3 is 2.79 bits per heavy atom. The molecule has 0 aromatic carbocycles. The minimum absolute atomic E-state index is 0.180. The van der Waals surface area contributed by atoms with E-state index >= 15 is 0 Å². The average molecular weight is 262 g/mol. The fraction of sp³-hybridized carbons (Fsp3) is 0.562. The van der Waals surface area contributed by atoms with Gasteiger partial charge in [-0.25, -0.2) is 0 Å². The van der Waals surface area contributed by atoms with Gasteiger partial charge in [-0.3, -0.25) is 4.98 Å². The van der Waals surface area contributed by atoms with Crippen LogP contribution in [0, 0.1) is 12.8 Å². The van der Waals surface area contributed by atoms with Crippen LogP contribution >= 0.6 is 0 Å². The zero-order valence-corrected chi connectivity index (χ0v) is 12.3.